The first-order valence-electron chi connectivity index (χ1n) is 7.65. The number of hydrogen-bond acceptors (Lipinski definition) is 5. The minimum absolute atomic E-state index is 0.108. The molecular formula is C18H14N4O4. The molecule has 2 N–H and O–H groups in total. The van der Waals surface area contributed by atoms with E-state index in [1.807, 2.05) is 25.1 Å². The summed E-state index contributed by atoms with van der Waals surface area (Å²) in [4.78, 5) is 36.8. The minimum atomic E-state index is -0.548. The molecule has 8 heteroatoms. The number of nitrogens with zero attached hydrogens (tertiary/aromatic N) is 2. The van der Waals surface area contributed by atoms with Crippen LogP contribution in [0.3, 0.4) is 0 Å². The average Bonchev–Trinajstić information content (AvgIpc) is 2.62. The zero-order chi connectivity index (χ0) is 18.7. The highest BCUT2D eigenvalue weighted by atomic mass is 16.6. The fourth-order valence-electron chi connectivity index (χ4n) is 2.40. The molecule has 0 bridgehead atoms. The third kappa shape index (κ3) is 3.64. The van der Waals surface area contributed by atoms with Crippen LogP contribution in [0, 0.1) is 17.0 Å². The number of aromatic amines is 1. The van der Waals surface area contributed by atoms with Crippen LogP contribution in [0.25, 0.3) is 10.9 Å². The Morgan fingerprint density at radius 2 is 1.92 bits per heavy atom. The lowest BCUT2D eigenvalue weighted by Crippen LogP contribution is -2.19. The van der Waals surface area contributed by atoms with Crippen molar-refractivity contribution < 1.29 is 9.72 Å². The summed E-state index contributed by atoms with van der Waals surface area (Å²) in [6.45, 7) is 1.95. The maximum Gasteiger partial charge on any atom is 0.271 e. The smallest absolute Gasteiger partial charge is 0.271 e. The highest BCUT2D eigenvalue weighted by Gasteiger charge is 2.08. The molecule has 8 nitrogen and oxygen atoms in total. The first-order chi connectivity index (χ1) is 12.4. The third-order valence-electron chi connectivity index (χ3n) is 3.74. The van der Waals surface area contributed by atoms with Crippen molar-refractivity contribution >= 4 is 28.7 Å². The van der Waals surface area contributed by atoms with Gasteiger partial charge in [-0.15, -0.1) is 0 Å². The Bertz CT molecular complexity index is 1080. The van der Waals surface area contributed by atoms with E-state index in [1.54, 1.807) is 6.07 Å². The topological polar surface area (TPSA) is 117 Å². The molecule has 2 aromatic carbocycles. The molecule has 1 heterocycles. The Kier molecular flexibility index (Phi) is 4.57. The van der Waals surface area contributed by atoms with Crippen molar-refractivity contribution in [3.63, 3.8) is 0 Å². The van der Waals surface area contributed by atoms with Crippen molar-refractivity contribution in [3.05, 3.63) is 85.7 Å². The Labute approximate surface area is 147 Å². The molecule has 1 aromatic heterocycles. The van der Waals surface area contributed by atoms with Crippen LogP contribution in [0.15, 0.2) is 58.4 Å². The van der Waals surface area contributed by atoms with Crippen LogP contribution in [0.2, 0.25) is 0 Å². The molecule has 0 radical (unpaired) electrons. The second-order valence-corrected chi connectivity index (χ2v) is 5.65. The zero-order valence-electron chi connectivity index (χ0n) is 13.7. The molecule has 130 valence electrons. The third-order valence-corrected chi connectivity index (χ3v) is 3.74. The predicted octanol–water partition coefficient (Wildman–Crippen LogP) is 2.51. The number of amides is 1. The summed E-state index contributed by atoms with van der Waals surface area (Å²) in [5.41, 5.74) is 4.14. The number of pyridine rings is 1. The maximum atomic E-state index is 12.0. The summed E-state index contributed by atoms with van der Waals surface area (Å²) in [6.07, 6.45) is 1.25. The number of benzene rings is 2. The number of carbonyl (C=O) groups is 1. The monoisotopic (exact) mass is 350 g/mol. The molecule has 26 heavy (non-hydrogen) atoms. The lowest BCUT2D eigenvalue weighted by molar-refractivity contribution is -0.384. The van der Waals surface area contributed by atoms with Crippen LogP contribution in [0.5, 0.6) is 0 Å². The summed E-state index contributed by atoms with van der Waals surface area (Å²) in [5.74, 6) is -0.538. The van der Waals surface area contributed by atoms with E-state index >= 15 is 0 Å². The van der Waals surface area contributed by atoms with Crippen molar-refractivity contribution in [1.82, 2.24) is 10.4 Å². The van der Waals surface area contributed by atoms with Crippen LogP contribution in [0.1, 0.15) is 21.5 Å². The zero-order valence-corrected chi connectivity index (χ0v) is 13.7. The number of hydrogen-bond donors (Lipinski definition) is 2. The normalized spacial score (nSPS) is 11.0. The number of nitro groups is 1. The number of nitro benzene ring substituents is 1. The molecule has 0 aliphatic heterocycles. The molecule has 0 atom stereocenters. The van der Waals surface area contributed by atoms with Gasteiger partial charge in [-0.3, -0.25) is 19.7 Å². The van der Waals surface area contributed by atoms with Gasteiger partial charge in [-0.05, 0) is 42.6 Å². The summed E-state index contributed by atoms with van der Waals surface area (Å²) in [7, 11) is 0. The standard InChI is InChI=1S/C18H14N4O4/c1-11-2-7-16-13(8-11)9-14(17(23)20-16)10-19-21-18(24)12-3-5-15(6-4-12)22(25)26/h2-10H,1H3,(H,20,23)(H,21,24). The van der Waals surface area contributed by atoms with E-state index in [0.29, 0.717) is 11.1 Å². The number of aromatic nitrogens is 1. The molecule has 1 amide bonds. The molecule has 0 spiro atoms. The second-order valence-electron chi connectivity index (χ2n) is 5.65. The van der Waals surface area contributed by atoms with Crippen molar-refractivity contribution in [3.8, 4) is 0 Å². The Morgan fingerprint density at radius 1 is 1.19 bits per heavy atom. The van der Waals surface area contributed by atoms with E-state index in [9.17, 15) is 19.7 Å². The van der Waals surface area contributed by atoms with Gasteiger partial charge >= 0.3 is 0 Å². The van der Waals surface area contributed by atoms with Crippen LogP contribution in [-0.4, -0.2) is 22.0 Å². The Morgan fingerprint density at radius 3 is 2.62 bits per heavy atom. The lowest BCUT2D eigenvalue weighted by Gasteiger charge is -2.02. The molecule has 0 aliphatic carbocycles. The Balaban J connectivity index is 1.76. The van der Waals surface area contributed by atoms with Gasteiger partial charge in [0.05, 0.1) is 16.7 Å². The maximum absolute atomic E-state index is 12.0. The molecule has 0 saturated carbocycles. The number of non-ortho nitro benzene ring substituents is 1. The van der Waals surface area contributed by atoms with Crippen molar-refractivity contribution in [2.45, 2.75) is 6.92 Å². The van der Waals surface area contributed by atoms with Gasteiger partial charge in [0, 0.05) is 23.2 Å². The van der Waals surface area contributed by atoms with Crippen molar-refractivity contribution in [1.29, 1.82) is 0 Å². The van der Waals surface area contributed by atoms with Crippen LogP contribution in [0.4, 0.5) is 5.69 Å². The Hall–Kier alpha value is -3.81. The number of aryl methyl sites for hydroxylation is 1. The fourth-order valence-corrected chi connectivity index (χ4v) is 2.40. The molecule has 3 rings (SSSR count). The van der Waals surface area contributed by atoms with Gasteiger partial charge in [0.25, 0.3) is 17.2 Å². The molecule has 0 fully saturated rings. The van der Waals surface area contributed by atoms with Gasteiger partial charge in [0.1, 0.15) is 0 Å². The van der Waals surface area contributed by atoms with Gasteiger partial charge in [-0.25, -0.2) is 5.43 Å². The van der Waals surface area contributed by atoms with Gasteiger partial charge < -0.3 is 4.98 Å². The number of hydrazone groups is 1. The van der Waals surface area contributed by atoms with E-state index in [-0.39, 0.29) is 16.8 Å². The fraction of sp³-hybridized carbons (Fsp3) is 0.0556. The predicted molar refractivity (Wildman–Crippen MR) is 97.5 cm³/mol. The SMILES string of the molecule is Cc1ccc2[nH]c(=O)c(C=NNC(=O)c3ccc([N+](=O)[O-])cc3)cc2c1. The van der Waals surface area contributed by atoms with E-state index in [4.69, 9.17) is 0 Å². The summed E-state index contributed by atoms with van der Waals surface area (Å²) in [5, 5.41) is 15.2. The molecule has 3 aromatic rings. The average molecular weight is 350 g/mol. The summed E-state index contributed by atoms with van der Waals surface area (Å²) >= 11 is 0. The minimum Gasteiger partial charge on any atom is -0.321 e. The number of nitrogens with one attached hydrogen (secondary N) is 2. The number of carbonyl (C=O) groups excluding carboxylic acids is 1. The van der Waals surface area contributed by atoms with Crippen LogP contribution >= 0.6 is 0 Å². The van der Waals surface area contributed by atoms with Gasteiger partial charge in [-0.1, -0.05) is 11.6 Å². The van der Waals surface area contributed by atoms with E-state index < -0.39 is 10.8 Å². The number of H-pyrrole nitrogens is 1. The van der Waals surface area contributed by atoms with E-state index in [1.165, 1.54) is 30.5 Å². The lowest BCUT2D eigenvalue weighted by atomic mass is 10.1. The largest absolute Gasteiger partial charge is 0.321 e. The van der Waals surface area contributed by atoms with Gasteiger partial charge in [-0.2, -0.15) is 5.10 Å². The first kappa shape index (κ1) is 17.0. The molecule has 0 saturated heterocycles. The van der Waals surface area contributed by atoms with Crippen molar-refractivity contribution in [2.24, 2.45) is 5.10 Å². The number of rotatable bonds is 4. The van der Waals surface area contributed by atoms with E-state index in [0.717, 1.165) is 10.9 Å². The van der Waals surface area contributed by atoms with Crippen LogP contribution < -0.4 is 11.0 Å². The van der Waals surface area contributed by atoms with Crippen LogP contribution in [-0.2, 0) is 0 Å². The highest BCUT2D eigenvalue weighted by Crippen LogP contribution is 2.13. The number of fused-ring (bicyclic) bond motifs is 1. The van der Waals surface area contributed by atoms with Gasteiger partial charge in [0.2, 0.25) is 0 Å². The van der Waals surface area contributed by atoms with E-state index in [2.05, 4.69) is 15.5 Å². The van der Waals surface area contributed by atoms with Crippen molar-refractivity contribution in [2.75, 3.05) is 0 Å². The molecule has 0 aliphatic rings. The first-order valence-corrected chi connectivity index (χ1v) is 7.65. The molecular weight excluding hydrogens is 336 g/mol. The summed E-state index contributed by atoms with van der Waals surface area (Å²) < 4.78 is 0. The second kappa shape index (κ2) is 6.98. The van der Waals surface area contributed by atoms with Gasteiger partial charge in [0.15, 0.2) is 0 Å². The summed E-state index contributed by atoms with van der Waals surface area (Å²) in [6, 6.07) is 12.5. The molecule has 0 unspecified atom stereocenters. The highest BCUT2D eigenvalue weighted by molar-refractivity contribution is 5.95. The quantitative estimate of drug-likeness (QED) is 0.427.